The Bertz CT molecular complexity index is 1150. The minimum Gasteiger partial charge on any atom is -0.346 e. The molecule has 2 aromatic heterocycles. The molecule has 0 saturated heterocycles. The van der Waals surface area contributed by atoms with E-state index in [9.17, 15) is 4.79 Å². The van der Waals surface area contributed by atoms with E-state index in [1.165, 1.54) is 0 Å². The molecular formula is C23H21BrN4O. The van der Waals surface area contributed by atoms with Gasteiger partial charge in [0.1, 0.15) is 0 Å². The molecule has 5 nitrogen and oxygen atoms in total. The second kappa shape index (κ2) is 8.17. The highest BCUT2D eigenvalue weighted by molar-refractivity contribution is 9.10. The van der Waals surface area contributed by atoms with Crippen molar-refractivity contribution in [2.24, 2.45) is 0 Å². The van der Waals surface area contributed by atoms with Crippen LogP contribution in [0.4, 0.5) is 0 Å². The molecule has 4 aromatic rings. The number of halogens is 1. The first-order valence-corrected chi connectivity index (χ1v) is 10.2. The fourth-order valence-electron chi connectivity index (χ4n) is 3.38. The number of nitrogens with zero attached hydrogens (tertiary/aromatic N) is 3. The number of fused-ring (bicyclic) bond motifs is 1. The van der Waals surface area contributed by atoms with Crippen LogP contribution in [0, 0.1) is 6.92 Å². The first-order chi connectivity index (χ1) is 14.0. The van der Waals surface area contributed by atoms with Crippen molar-refractivity contribution in [1.29, 1.82) is 0 Å². The Morgan fingerprint density at radius 2 is 1.97 bits per heavy atom. The minimum atomic E-state index is -0.0956. The molecule has 6 heteroatoms. The Balaban J connectivity index is 1.56. The number of amides is 1. The van der Waals surface area contributed by atoms with E-state index in [0.717, 1.165) is 32.2 Å². The van der Waals surface area contributed by atoms with Crippen LogP contribution >= 0.6 is 15.9 Å². The molecule has 29 heavy (non-hydrogen) atoms. The fourth-order valence-corrected chi connectivity index (χ4v) is 3.65. The van der Waals surface area contributed by atoms with E-state index in [2.05, 4.69) is 31.3 Å². The zero-order valence-electron chi connectivity index (χ0n) is 16.3. The summed E-state index contributed by atoms with van der Waals surface area (Å²) in [6.07, 6.45) is 3.60. The molecule has 1 atom stereocenters. The molecule has 0 saturated carbocycles. The van der Waals surface area contributed by atoms with Crippen molar-refractivity contribution in [3.05, 3.63) is 93.8 Å². The molecular weight excluding hydrogens is 428 g/mol. The number of carbonyl (C=O) groups excluding carboxylic acids is 1. The average Bonchev–Trinajstić information content (AvgIpc) is 3.04. The molecule has 2 heterocycles. The van der Waals surface area contributed by atoms with Crippen molar-refractivity contribution in [3.8, 4) is 0 Å². The summed E-state index contributed by atoms with van der Waals surface area (Å²) in [5.41, 5.74) is 4.68. The van der Waals surface area contributed by atoms with Gasteiger partial charge in [-0.2, -0.15) is 5.10 Å². The highest BCUT2D eigenvalue weighted by Crippen LogP contribution is 2.22. The third-order valence-corrected chi connectivity index (χ3v) is 5.50. The number of rotatable bonds is 5. The summed E-state index contributed by atoms with van der Waals surface area (Å²) in [6.45, 7) is 4.59. The predicted octanol–water partition coefficient (Wildman–Crippen LogP) is 5.04. The third kappa shape index (κ3) is 4.22. The lowest BCUT2D eigenvalue weighted by molar-refractivity contribution is 0.0940. The van der Waals surface area contributed by atoms with Crippen LogP contribution in [-0.4, -0.2) is 20.7 Å². The summed E-state index contributed by atoms with van der Waals surface area (Å²) >= 11 is 3.44. The highest BCUT2D eigenvalue weighted by Gasteiger charge is 2.15. The number of nitrogens with one attached hydrogen (secondary N) is 1. The van der Waals surface area contributed by atoms with Crippen LogP contribution in [0.2, 0.25) is 0 Å². The molecule has 0 aliphatic rings. The number of aryl methyl sites for hydroxylation is 1. The second-order valence-electron chi connectivity index (χ2n) is 7.08. The van der Waals surface area contributed by atoms with Crippen molar-refractivity contribution in [3.63, 3.8) is 0 Å². The van der Waals surface area contributed by atoms with Gasteiger partial charge in [-0.05, 0) is 61.4 Å². The zero-order valence-corrected chi connectivity index (χ0v) is 17.8. The van der Waals surface area contributed by atoms with Crippen LogP contribution in [-0.2, 0) is 6.54 Å². The van der Waals surface area contributed by atoms with E-state index < -0.39 is 0 Å². The monoisotopic (exact) mass is 448 g/mol. The molecule has 1 unspecified atom stereocenters. The maximum absolute atomic E-state index is 12.8. The smallest absolute Gasteiger partial charge is 0.251 e. The lowest BCUT2D eigenvalue weighted by atomic mass is 10.1. The van der Waals surface area contributed by atoms with Gasteiger partial charge in [0.15, 0.2) is 0 Å². The third-order valence-electron chi connectivity index (χ3n) is 4.97. The van der Waals surface area contributed by atoms with Gasteiger partial charge in [0.2, 0.25) is 0 Å². The van der Waals surface area contributed by atoms with Crippen LogP contribution in [0.25, 0.3) is 10.9 Å². The van der Waals surface area contributed by atoms with Crippen LogP contribution in [0.1, 0.15) is 40.1 Å². The van der Waals surface area contributed by atoms with E-state index in [-0.39, 0.29) is 11.9 Å². The first-order valence-electron chi connectivity index (χ1n) is 9.43. The van der Waals surface area contributed by atoms with Gasteiger partial charge in [-0.15, -0.1) is 0 Å². The summed E-state index contributed by atoms with van der Waals surface area (Å²) < 4.78 is 2.97. The maximum atomic E-state index is 12.8. The second-order valence-corrected chi connectivity index (χ2v) is 8.00. The van der Waals surface area contributed by atoms with Gasteiger partial charge < -0.3 is 5.32 Å². The lowest BCUT2D eigenvalue weighted by Crippen LogP contribution is -2.26. The molecule has 0 aliphatic heterocycles. The molecule has 0 radical (unpaired) electrons. The van der Waals surface area contributed by atoms with Crippen LogP contribution in [0.5, 0.6) is 0 Å². The summed E-state index contributed by atoms with van der Waals surface area (Å²) in [4.78, 5) is 17.0. The largest absolute Gasteiger partial charge is 0.346 e. The van der Waals surface area contributed by atoms with Gasteiger partial charge in [-0.3, -0.25) is 14.5 Å². The highest BCUT2D eigenvalue weighted by atomic mass is 79.9. The topological polar surface area (TPSA) is 59.8 Å². The van der Waals surface area contributed by atoms with E-state index in [1.807, 2.05) is 79.3 Å². The van der Waals surface area contributed by atoms with E-state index in [4.69, 9.17) is 0 Å². The first kappa shape index (κ1) is 19.3. The van der Waals surface area contributed by atoms with E-state index in [0.29, 0.717) is 12.1 Å². The van der Waals surface area contributed by atoms with Gasteiger partial charge >= 0.3 is 0 Å². The predicted molar refractivity (Wildman–Crippen MR) is 118 cm³/mol. The normalized spacial score (nSPS) is 12.1. The molecule has 4 rings (SSSR count). The van der Waals surface area contributed by atoms with Crippen molar-refractivity contribution in [2.45, 2.75) is 26.4 Å². The molecule has 0 aliphatic carbocycles. The molecule has 1 amide bonds. The number of carbonyl (C=O) groups is 1. The summed E-state index contributed by atoms with van der Waals surface area (Å²) in [6, 6.07) is 17.6. The van der Waals surface area contributed by atoms with Gasteiger partial charge in [0, 0.05) is 27.8 Å². The van der Waals surface area contributed by atoms with Gasteiger partial charge in [-0.1, -0.05) is 34.1 Å². The fraction of sp³-hybridized carbons (Fsp3) is 0.174. The Kier molecular flexibility index (Phi) is 5.45. The average molecular weight is 449 g/mol. The standard InChI is InChI=1S/C23H21BrN4O/c1-15(18-5-8-20(24)9-6-18)26-23(29)19-7-10-22-21(12-19)16(2)27-28(22)14-17-4-3-11-25-13-17/h3-13,15H,14H2,1-2H3,(H,26,29). The van der Waals surface area contributed by atoms with Gasteiger partial charge in [0.25, 0.3) is 5.91 Å². The Labute approximate surface area is 177 Å². The quantitative estimate of drug-likeness (QED) is 0.464. The lowest BCUT2D eigenvalue weighted by Gasteiger charge is -2.14. The van der Waals surface area contributed by atoms with Gasteiger partial charge in [-0.25, -0.2) is 0 Å². The summed E-state index contributed by atoms with van der Waals surface area (Å²) in [5, 5.41) is 8.71. The molecule has 0 bridgehead atoms. The SMILES string of the molecule is Cc1nn(Cc2cccnc2)c2ccc(C(=O)NC(C)c3ccc(Br)cc3)cc12. The van der Waals surface area contributed by atoms with E-state index in [1.54, 1.807) is 6.20 Å². The van der Waals surface area contributed by atoms with Crippen molar-refractivity contribution in [2.75, 3.05) is 0 Å². The van der Waals surface area contributed by atoms with E-state index >= 15 is 0 Å². The summed E-state index contributed by atoms with van der Waals surface area (Å²) in [7, 11) is 0. The minimum absolute atomic E-state index is 0.0827. The van der Waals surface area contributed by atoms with Crippen LogP contribution in [0.15, 0.2) is 71.5 Å². The van der Waals surface area contributed by atoms with Crippen molar-refractivity contribution < 1.29 is 4.79 Å². The van der Waals surface area contributed by atoms with Crippen LogP contribution < -0.4 is 5.32 Å². The number of aromatic nitrogens is 3. The number of pyridine rings is 1. The molecule has 2 aromatic carbocycles. The molecule has 1 N–H and O–H groups in total. The molecule has 0 spiro atoms. The Morgan fingerprint density at radius 3 is 2.69 bits per heavy atom. The van der Waals surface area contributed by atoms with Crippen molar-refractivity contribution in [1.82, 2.24) is 20.1 Å². The molecule has 146 valence electrons. The Hall–Kier alpha value is -2.99. The number of benzene rings is 2. The maximum Gasteiger partial charge on any atom is 0.251 e. The van der Waals surface area contributed by atoms with Crippen LogP contribution in [0.3, 0.4) is 0 Å². The molecule has 0 fully saturated rings. The Morgan fingerprint density at radius 1 is 1.17 bits per heavy atom. The number of hydrogen-bond acceptors (Lipinski definition) is 3. The van der Waals surface area contributed by atoms with Crippen molar-refractivity contribution >= 4 is 32.7 Å². The zero-order chi connectivity index (χ0) is 20.4. The summed E-state index contributed by atoms with van der Waals surface area (Å²) in [5.74, 6) is -0.0956. The number of hydrogen-bond donors (Lipinski definition) is 1. The van der Waals surface area contributed by atoms with Gasteiger partial charge in [0.05, 0.1) is 23.8 Å².